The van der Waals surface area contributed by atoms with Crippen molar-refractivity contribution >= 4 is 16.7 Å². The van der Waals surface area contributed by atoms with Gasteiger partial charge < -0.3 is 10.3 Å². The summed E-state index contributed by atoms with van der Waals surface area (Å²) in [5, 5.41) is 0.376. The van der Waals surface area contributed by atoms with E-state index in [1.807, 2.05) is 34.9 Å². The molecule has 0 spiro atoms. The fourth-order valence-electron chi connectivity index (χ4n) is 2.08. The minimum atomic E-state index is -0.343. The molecule has 0 bridgehead atoms. The van der Waals surface area contributed by atoms with Gasteiger partial charge in [-0.3, -0.25) is 4.79 Å². The Balaban J connectivity index is 2.18. The second kappa shape index (κ2) is 4.53. The van der Waals surface area contributed by atoms with E-state index in [1.165, 1.54) is 6.33 Å². The lowest BCUT2D eigenvalue weighted by molar-refractivity contribution is 0.797. The normalized spacial score (nSPS) is 10.7. The third kappa shape index (κ3) is 2.06. The van der Waals surface area contributed by atoms with Gasteiger partial charge in [0.15, 0.2) is 0 Å². The second-order valence-corrected chi connectivity index (χ2v) is 4.25. The second-order valence-electron chi connectivity index (χ2n) is 4.25. The third-order valence-electron chi connectivity index (χ3n) is 2.99. The van der Waals surface area contributed by atoms with Crippen LogP contribution in [-0.2, 0) is 6.54 Å². The lowest BCUT2D eigenvalue weighted by atomic mass is 10.2. The van der Waals surface area contributed by atoms with E-state index in [9.17, 15) is 4.79 Å². The average Bonchev–Trinajstić information content (AvgIpc) is 2.43. The highest BCUT2D eigenvalue weighted by atomic mass is 16.1. The topological polar surface area (TPSA) is 73.8 Å². The van der Waals surface area contributed by atoms with Crippen molar-refractivity contribution in [3.05, 3.63) is 64.8 Å². The Morgan fingerprint density at radius 3 is 2.68 bits per heavy atom. The van der Waals surface area contributed by atoms with Crippen LogP contribution >= 0.6 is 0 Å². The number of rotatable bonds is 2. The molecule has 0 saturated heterocycles. The molecule has 0 saturated carbocycles. The van der Waals surface area contributed by atoms with Crippen LogP contribution in [0, 0.1) is 0 Å². The Kier molecular flexibility index (Phi) is 2.72. The van der Waals surface area contributed by atoms with Gasteiger partial charge >= 0.3 is 0 Å². The maximum absolute atomic E-state index is 11.8. The zero-order valence-electron chi connectivity index (χ0n) is 10.2. The summed E-state index contributed by atoms with van der Waals surface area (Å²) in [4.78, 5) is 19.6. The van der Waals surface area contributed by atoms with E-state index in [-0.39, 0.29) is 11.4 Å². The van der Waals surface area contributed by atoms with Crippen molar-refractivity contribution in [2.24, 2.45) is 0 Å². The highest BCUT2D eigenvalue weighted by Gasteiger charge is 2.07. The van der Waals surface area contributed by atoms with E-state index in [1.54, 1.807) is 12.3 Å². The molecule has 0 radical (unpaired) electrons. The number of pyridine rings is 1. The minimum Gasteiger partial charge on any atom is -0.383 e. The molecular formula is C14H12N4O. The first kappa shape index (κ1) is 11.4. The summed E-state index contributed by atoms with van der Waals surface area (Å²) in [6.07, 6.45) is 3.13. The first-order valence-electron chi connectivity index (χ1n) is 5.89. The van der Waals surface area contributed by atoms with Gasteiger partial charge in [-0.2, -0.15) is 4.98 Å². The molecule has 2 heterocycles. The SMILES string of the molecule is Nc1nccc2c1c(=O)ncn2Cc1ccccc1. The van der Waals surface area contributed by atoms with Crippen molar-refractivity contribution in [3.8, 4) is 0 Å². The van der Waals surface area contributed by atoms with Crippen LogP contribution in [-0.4, -0.2) is 14.5 Å². The Hall–Kier alpha value is -2.69. The molecule has 2 aromatic heterocycles. The van der Waals surface area contributed by atoms with Crippen molar-refractivity contribution in [1.82, 2.24) is 14.5 Å². The summed E-state index contributed by atoms with van der Waals surface area (Å²) in [5.74, 6) is 0.220. The first-order chi connectivity index (χ1) is 9.25. The van der Waals surface area contributed by atoms with Crippen LogP contribution in [0.15, 0.2) is 53.7 Å². The number of hydrogen-bond acceptors (Lipinski definition) is 4. The fourth-order valence-corrected chi connectivity index (χ4v) is 2.08. The first-order valence-corrected chi connectivity index (χ1v) is 5.89. The minimum absolute atomic E-state index is 0.220. The number of nitrogens with zero attached hydrogens (tertiary/aromatic N) is 3. The predicted molar refractivity (Wildman–Crippen MR) is 73.8 cm³/mol. The summed E-state index contributed by atoms with van der Waals surface area (Å²) < 4.78 is 1.89. The van der Waals surface area contributed by atoms with Crippen molar-refractivity contribution in [2.45, 2.75) is 6.54 Å². The summed E-state index contributed by atoms with van der Waals surface area (Å²) in [6, 6.07) is 11.7. The number of hydrogen-bond donors (Lipinski definition) is 1. The molecule has 0 atom stereocenters. The van der Waals surface area contributed by atoms with Gasteiger partial charge in [-0.15, -0.1) is 0 Å². The zero-order chi connectivity index (χ0) is 13.2. The average molecular weight is 252 g/mol. The van der Waals surface area contributed by atoms with Crippen LogP contribution in [0.25, 0.3) is 10.9 Å². The zero-order valence-corrected chi connectivity index (χ0v) is 10.2. The summed E-state index contributed by atoms with van der Waals surface area (Å²) in [6.45, 7) is 0.633. The number of benzene rings is 1. The van der Waals surface area contributed by atoms with E-state index < -0.39 is 0 Å². The summed E-state index contributed by atoms with van der Waals surface area (Å²) >= 11 is 0. The molecule has 3 aromatic rings. The number of fused-ring (bicyclic) bond motifs is 1. The molecule has 5 nitrogen and oxygen atoms in total. The molecule has 2 N–H and O–H groups in total. The highest BCUT2D eigenvalue weighted by Crippen LogP contribution is 2.14. The highest BCUT2D eigenvalue weighted by molar-refractivity contribution is 5.87. The lowest BCUT2D eigenvalue weighted by Gasteiger charge is -2.10. The summed E-state index contributed by atoms with van der Waals surface area (Å²) in [7, 11) is 0. The molecule has 0 amide bonds. The smallest absolute Gasteiger partial charge is 0.284 e. The van der Waals surface area contributed by atoms with E-state index >= 15 is 0 Å². The van der Waals surface area contributed by atoms with Crippen molar-refractivity contribution < 1.29 is 0 Å². The summed E-state index contributed by atoms with van der Waals surface area (Å²) in [5.41, 5.74) is 7.29. The van der Waals surface area contributed by atoms with Crippen molar-refractivity contribution in [1.29, 1.82) is 0 Å². The number of nitrogen functional groups attached to an aromatic ring is 1. The maximum Gasteiger partial charge on any atom is 0.284 e. The molecule has 0 aliphatic heterocycles. The van der Waals surface area contributed by atoms with Crippen LogP contribution in [0.1, 0.15) is 5.56 Å². The molecule has 1 aromatic carbocycles. The van der Waals surface area contributed by atoms with Gasteiger partial charge in [-0.1, -0.05) is 30.3 Å². The van der Waals surface area contributed by atoms with Gasteiger partial charge in [0.1, 0.15) is 11.2 Å². The van der Waals surface area contributed by atoms with Gasteiger partial charge in [0.25, 0.3) is 5.56 Å². The third-order valence-corrected chi connectivity index (χ3v) is 2.99. The van der Waals surface area contributed by atoms with Crippen LogP contribution in [0.4, 0.5) is 5.82 Å². The molecule has 19 heavy (non-hydrogen) atoms. The van der Waals surface area contributed by atoms with E-state index in [0.717, 1.165) is 11.1 Å². The van der Waals surface area contributed by atoms with Gasteiger partial charge in [-0.05, 0) is 11.6 Å². The number of anilines is 1. The van der Waals surface area contributed by atoms with Gasteiger partial charge in [0.05, 0.1) is 11.8 Å². The van der Waals surface area contributed by atoms with Crippen LogP contribution in [0.5, 0.6) is 0 Å². The molecule has 94 valence electrons. The van der Waals surface area contributed by atoms with E-state index in [2.05, 4.69) is 9.97 Å². The fraction of sp³-hybridized carbons (Fsp3) is 0.0714. The van der Waals surface area contributed by atoms with Gasteiger partial charge in [0.2, 0.25) is 0 Å². The lowest BCUT2D eigenvalue weighted by Crippen LogP contribution is -2.15. The Morgan fingerprint density at radius 1 is 1.11 bits per heavy atom. The molecule has 0 aliphatic carbocycles. The van der Waals surface area contributed by atoms with E-state index in [0.29, 0.717) is 11.9 Å². The van der Waals surface area contributed by atoms with Gasteiger partial charge in [-0.25, -0.2) is 4.98 Å². The number of nitrogens with two attached hydrogens (primary N) is 1. The molecule has 0 unspecified atom stereocenters. The monoisotopic (exact) mass is 252 g/mol. The van der Waals surface area contributed by atoms with Crippen LogP contribution < -0.4 is 11.3 Å². The van der Waals surface area contributed by atoms with E-state index in [4.69, 9.17) is 5.73 Å². The van der Waals surface area contributed by atoms with Crippen LogP contribution in [0.3, 0.4) is 0 Å². The van der Waals surface area contributed by atoms with Gasteiger partial charge in [0, 0.05) is 12.7 Å². The quantitative estimate of drug-likeness (QED) is 0.748. The molecular weight excluding hydrogens is 240 g/mol. The van der Waals surface area contributed by atoms with Crippen molar-refractivity contribution in [2.75, 3.05) is 5.73 Å². The molecule has 0 fully saturated rings. The Labute approximate surface area is 109 Å². The Morgan fingerprint density at radius 2 is 1.89 bits per heavy atom. The van der Waals surface area contributed by atoms with Crippen molar-refractivity contribution in [3.63, 3.8) is 0 Å². The standard InChI is InChI=1S/C14H12N4O/c15-13-12-11(6-7-16-13)18(9-17-14(12)19)8-10-4-2-1-3-5-10/h1-7,9H,8H2,(H2,15,16). The predicted octanol–water partition coefficient (Wildman–Crippen LogP) is 1.42. The number of aromatic nitrogens is 3. The molecule has 0 aliphatic rings. The maximum atomic E-state index is 11.8. The van der Waals surface area contributed by atoms with Crippen LogP contribution in [0.2, 0.25) is 0 Å². The largest absolute Gasteiger partial charge is 0.383 e. The molecule has 3 rings (SSSR count). The Bertz CT molecular complexity index is 780. The molecule has 5 heteroatoms.